The molecule has 0 aliphatic heterocycles. The maximum atomic E-state index is 13.5. The van der Waals surface area contributed by atoms with Gasteiger partial charge in [0.15, 0.2) is 0 Å². The van der Waals surface area contributed by atoms with Gasteiger partial charge in [-0.15, -0.1) is 0 Å². The van der Waals surface area contributed by atoms with Crippen molar-refractivity contribution in [3.63, 3.8) is 0 Å². The summed E-state index contributed by atoms with van der Waals surface area (Å²) in [6.45, 7) is 11.8. The Morgan fingerprint density at radius 2 is 1.95 bits per heavy atom. The van der Waals surface area contributed by atoms with Crippen molar-refractivity contribution in [3.8, 4) is 5.75 Å². The van der Waals surface area contributed by atoms with Crippen LogP contribution in [0.1, 0.15) is 46.6 Å². The fraction of sp³-hybridized carbons (Fsp3) is 0.625. The van der Waals surface area contributed by atoms with E-state index in [2.05, 4.69) is 39.9 Å². The molecule has 3 heteroatoms. The molecule has 19 heavy (non-hydrogen) atoms. The first-order valence-corrected chi connectivity index (χ1v) is 6.97. The van der Waals surface area contributed by atoms with E-state index in [-0.39, 0.29) is 11.4 Å². The zero-order valence-electron chi connectivity index (χ0n) is 12.7. The normalized spacial score (nSPS) is 13.4. The minimum absolute atomic E-state index is 0.0179. The molecule has 0 saturated carbocycles. The second kappa shape index (κ2) is 6.90. The molecule has 0 amide bonds. The average molecular weight is 267 g/mol. The second-order valence-corrected chi connectivity index (χ2v) is 6.22. The van der Waals surface area contributed by atoms with E-state index < -0.39 is 0 Å². The van der Waals surface area contributed by atoms with Gasteiger partial charge in [-0.3, -0.25) is 0 Å². The molecule has 0 aliphatic rings. The summed E-state index contributed by atoms with van der Waals surface area (Å²) in [6.07, 6.45) is 1.06. The molecule has 1 N–H and O–H groups in total. The number of nitrogens with one attached hydrogen (secondary N) is 1. The van der Waals surface area contributed by atoms with Gasteiger partial charge in [-0.2, -0.15) is 0 Å². The van der Waals surface area contributed by atoms with Gasteiger partial charge in [0.2, 0.25) is 0 Å². The predicted octanol–water partition coefficient (Wildman–Crippen LogP) is 4.14. The molecule has 1 aromatic rings. The lowest BCUT2D eigenvalue weighted by Crippen LogP contribution is -2.35. The number of hydrogen-bond acceptors (Lipinski definition) is 2. The summed E-state index contributed by atoms with van der Waals surface area (Å²) in [4.78, 5) is 0. The van der Waals surface area contributed by atoms with Crippen molar-refractivity contribution < 1.29 is 9.13 Å². The third-order valence-electron chi connectivity index (χ3n) is 2.99. The van der Waals surface area contributed by atoms with E-state index in [0.29, 0.717) is 24.8 Å². The van der Waals surface area contributed by atoms with Crippen LogP contribution in [-0.4, -0.2) is 12.1 Å². The molecule has 0 bridgehead atoms. The molecule has 0 fully saturated rings. The Bertz CT molecular complexity index is 398. The summed E-state index contributed by atoms with van der Waals surface area (Å²) >= 11 is 0. The van der Waals surface area contributed by atoms with E-state index in [0.717, 1.165) is 12.0 Å². The molecule has 0 saturated heterocycles. The van der Waals surface area contributed by atoms with Crippen molar-refractivity contribution >= 4 is 0 Å². The van der Waals surface area contributed by atoms with Gasteiger partial charge in [0, 0.05) is 18.2 Å². The molecule has 1 atom stereocenters. The van der Waals surface area contributed by atoms with E-state index >= 15 is 0 Å². The standard InChI is InChI=1S/C16H26FNO/c1-6-12(2)11-19-15-8-13(7-14(17)9-15)10-18-16(3,4)5/h7-9,12,18H,6,10-11H2,1-5H3. The highest BCUT2D eigenvalue weighted by atomic mass is 19.1. The highest BCUT2D eigenvalue weighted by Crippen LogP contribution is 2.18. The van der Waals surface area contributed by atoms with Gasteiger partial charge in [-0.1, -0.05) is 20.3 Å². The molecular formula is C16H26FNO. The SMILES string of the molecule is CCC(C)COc1cc(F)cc(CNC(C)(C)C)c1. The number of rotatable bonds is 6. The zero-order chi connectivity index (χ0) is 14.5. The zero-order valence-corrected chi connectivity index (χ0v) is 12.7. The van der Waals surface area contributed by atoms with Crippen molar-refractivity contribution in [1.82, 2.24) is 5.32 Å². The number of hydrogen-bond donors (Lipinski definition) is 1. The third kappa shape index (κ3) is 6.58. The van der Waals surface area contributed by atoms with E-state index in [9.17, 15) is 4.39 Å². The van der Waals surface area contributed by atoms with Crippen molar-refractivity contribution in [2.24, 2.45) is 5.92 Å². The Balaban J connectivity index is 2.66. The molecule has 0 spiro atoms. The summed E-state index contributed by atoms with van der Waals surface area (Å²) in [5.41, 5.74) is 0.929. The van der Waals surface area contributed by atoms with Gasteiger partial charge in [0.05, 0.1) is 6.61 Å². The molecule has 1 rings (SSSR count). The minimum Gasteiger partial charge on any atom is -0.493 e. The molecule has 108 valence electrons. The first-order valence-electron chi connectivity index (χ1n) is 6.97. The van der Waals surface area contributed by atoms with Gasteiger partial charge in [0.25, 0.3) is 0 Å². The van der Waals surface area contributed by atoms with Gasteiger partial charge in [0.1, 0.15) is 11.6 Å². The van der Waals surface area contributed by atoms with Crippen LogP contribution in [0.5, 0.6) is 5.75 Å². The van der Waals surface area contributed by atoms with Crippen molar-refractivity contribution in [2.45, 2.75) is 53.1 Å². The summed E-state index contributed by atoms with van der Waals surface area (Å²) in [5.74, 6) is 0.859. The Labute approximate surface area is 116 Å². The fourth-order valence-corrected chi connectivity index (χ4v) is 1.53. The van der Waals surface area contributed by atoms with Gasteiger partial charge in [-0.05, 0) is 44.4 Å². The number of halogens is 1. The van der Waals surface area contributed by atoms with Crippen LogP contribution in [0, 0.1) is 11.7 Å². The van der Waals surface area contributed by atoms with Gasteiger partial charge >= 0.3 is 0 Å². The van der Waals surface area contributed by atoms with Crippen LogP contribution in [0.25, 0.3) is 0 Å². The van der Waals surface area contributed by atoms with Crippen LogP contribution in [0.2, 0.25) is 0 Å². The Morgan fingerprint density at radius 1 is 1.26 bits per heavy atom. The first-order chi connectivity index (χ1) is 8.80. The topological polar surface area (TPSA) is 21.3 Å². The summed E-state index contributed by atoms with van der Waals surface area (Å²) in [5, 5.41) is 3.35. The van der Waals surface area contributed by atoms with Crippen LogP contribution in [0.4, 0.5) is 4.39 Å². The lowest BCUT2D eigenvalue weighted by Gasteiger charge is -2.21. The van der Waals surface area contributed by atoms with Crippen LogP contribution in [-0.2, 0) is 6.54 Å². The van der Waals surface area contributed by atoms with E-state index in [1.54, 1.807) is 6.07 Å². The molecule has 0 radical (unpaired) electrons. The van der Waals surface area contributed by atoms with Gasteiger partial charge < -0.3 is 10.1 Å². The lowest BCUT2D eigenvalue weighted by molar-refractivity contribution is 0.255. The Morgan fingerprint density at radius 3 is 2.53 bits per heavy atom. The van der Waals surface area contributed by atoms with Crippen molar-refractivity contribution in [3.05, 3.63) is 29.6 Å². The maximum Gasteiger partial charge on any atom is 0.127 e. The van der Waals surface area contributed by atoms with E-state index in [1.807, 2.05) is 6.07 Å². The van der Waals surface area contributed by atoms with Gasteiger partial charge in [-0.25, -0.2) is 4.39 Å². The molecular weight excluding hydrogens is 241 g/mol. The fourth-order valence-electron chi connectivity index (χ4n) is 1.53. The number of benzene rings is 1. The monoisotopic (exact) mass is 267 g/mol. The molecule has 0 aromatic heterocycles. The van der Waals surface area contributed by atoms with E-state index in [4.69, 9.17) is 4.74 Å². The second-order valence-electron chi connectivity index (χ2n) is 6.22. The minimum atomic E-state index is -0.243. The molecule has 0 aliphatic carbocycles. The Hall–Kier alpha value is -1.09. The number of ether oxygens (including phenoxy) is 1. The largest absolute Gasteiger partial charge is 0.493 e. The van der Waals surface area contributed by atoms with Crippen LogP contribution < -0.4 is 10.1 Å². The predicted molar refractivity (Wildman–Crippen MR) is 77.9 cm³/mol. The lowest BCUT2D eigenvalue weighted by atomic mass is 10.1. The molecule has 1 unspecified atom stereocenters. The molecule has 0 heterocycles. The van der Waals surface area contributed by atoms with Crippen molar-refractivity contribution in [2.75, 3.05) is 6.61 Å². The van der Waals surface area contributed by atoms with Crippen LogP contribution in [0.15, 0.2) is 18.2 Å². The summed E-state index contributed by atoms with van der Waals surface area (Å²) < 4.78 is 19.2. The van der Waals surface area contributed by atoms with Crippen molar-refractivity contribution in [1.29, 1.82) is 0 Å². The maximum absolute atomic E-state index is 13.5. The smallest absolute Gasteiger partial charge is 0.127 e. The third-order valence-corrected chi connectivity index (χ3v) is 2.99. The Kier molecular flexibility index (Phi) is 5.80. The highest BCUT2D eigenvalue weighted by molar-refractivity contribution is 5.29. The van der Waals surface area contributed by atoms with Crippen LogP contribution >= 0.6 is 0 Å². The highest BCUT2D eigenvalue weighted by Gasteiger charge is 2.10. The summed E-state index contributed by atoms with van der Waals surface area (Å²) in [6, 6.07) is 4.90. The van der Waals surface area contributed by atoms with E-state index in [1.165, 1.54) is 6.07 Å². The molecule has 2 nitrogen and oxygen atoms in total. The first kappa shape index (κ1) is 16.0. The average Bonchev–Trinajstić information content (AvgIpc) is 2.32. The quantitative estimate of drug-likeness (QED) is 0.836. The summed E-state index contributed by atoms with van der Waals surface area (Å²) in [7, 11) is 0. The molecule has 1 aromatic carbocycles. The van der Waals surface area contributed by atoms with Crippen LogP contribution in [0.3, 0.4) is 0 Å².